The van der Waals surface area contributed by atoms with E-state index in [0.717, 1.165) is 19.6 Å². The molecular weight excluding hydrogens is 188 g/mol. The van der Waals surface area contributed by atoms with Crippen LogP contribution in [0.15, 0.2) is 0 Å². The molecule has 1 aliphatic carbocycles. The Bertz CT molecular complexity index is 176. The van der Waals surface area contributed by atoms with Gasteiger partial charge >= 0.3 is 0 Å². The van der Waals surface area contributed by atoms with Crippen LogP contribution in [0, 0.1) is 5.41 Å². The van der Waals surface area contributed by atoms with Crippen molar-refractivity contribution in [3.8, 4) is 0 Å². The highest BCUT2D eigenvalue weighted by Crippen LogP contribution is 2.38. The van der Waals surface area contributed by atoms with E-state index in [1.54, 1.807) is 0 Å². The summed E-state index contributed by atoms with van der Waals surface area (Å²) in [5.41, 5.74) is 0.457. The second-order valence-electron chi connectivity index (χ2n) is 5.28. The van der Waals surface area contributed by atoms with Crippen molar-refractivity contribution in [2.75, 3.05) is 33.7 Å². The lowest BCUT2D eigenvalue weighted by Crippen LogP contribution is -2.42. The van der Waals surface area contributed by atoms with Crippen molar-refractivity contribution in [3.63, 3.8) is 0 Å². The third kappa shape index (κ3) is 4.09. The van der Waals surface area contributed by atoms with Crippen LogP contribution in [0.3, 0.4) is 0 Å². The quantitative estimate of drug-likeness (QED) is 0.694. The van der Waals surface area contributed by atoms with Crippen LogP contribution in [-0.4, -0.2) is 49.8 Å². The van der Waals surface area contributed by atoms with Gasteiger partial charge in [0.25, 0.3) is 0 Å². The summed E-state index contributed by atoms with van der Waals surface area (Å²) in [5, 5.41) is 12.7. The molecule has 0 aromatic carbocycles. The molecule has 2 N–H and O–H groups in total. The SMILES string of the molecule is CNCC1(CN(C)CC(C)O)CCCC1. The Kier molecular flexibility index (Phi) is 5.03. The van der Waals surface area contributed by atoms with Crippen molar-refractivity contribution < 1.29 is 5.11 Å². The number of aliphatic hydroxyl groups is 1. The first-order valence-corrected chi connectivity index (χ1v) is 6.09. The number of nitrogens with zero attached hydrogens (tertiary/aromatic N) is 1. The van der Waals surface area contributed by atoms with Crippen molar-refractivity contribution in [2.24, 2.45) is 5.41 Å². The summed E-state index contributed by atoms with van der Waals surface area (Å²) in [5.74, 6) is 0. The molecule has 0 bridgehead atoms. The largest absolute Gasteiger partial charge is 0.392 e. The van der Waals surface area contributed by atoms with Gasteiger partial charge in [-0.1, -0.05) is 12.8 Å². The number of aliphatic hydroxyl groups excluding tert-OH is 1. The standard InChI is InChI=1S/C12H26N2O/c1-11(15)8-14(3)10-12(9-13-2)6-4-5-7-12/h11,13,15H,4-10H2,1-3H3. The van der Waals surface area contributed by atoms with E-state index in [0.29, 0.717) is 5.41 Å². The molecule has 0 amide bonds. The summed E-state index contributed by atoms with van der Waals surface area (Å²) >= 11 is 0. The molecule has 0 aromatic rings. The monoisotopic (exact) mass is 214 g/mol. The van der Waals surface area contributed by atoms with E-state index in [9.17, 15) is 5.11 Å². The summed E-state index contributed by atoms with van der Waals surface area (Å²) in [7, 11) is 4.15. The summed E-state index contributed by atoms with van der Waals surface area (Å²) in [6.07, 6.45) is 5.17. The zero-order valence-corrected chi connectivity index (χ0v) is 10.4. The Balaban J connectivity index is 2.43. The van der Waals surface area contributed by atoms with E-state index in [2.05, 4.69) is 17.3 Å². The predicted octanol–water partition coefficient (Wildman–Crippen LogP) is 1.08. The average molecular weight is 214 g/mol. The van der Waals surface area contributed by atoms with Gasteiger partial charge in [0.1, 0.15) is 0 Å². The fourth-order valence-corrected chi connectivity index (χ4v) is 2.98. The van der Waals surface area contributed by atoms with Gasteiger partial charge in [-0.25, -0.2) is 0 Å². The van der Waals surface area contributed by atoms with E-state index < -0.39 is 0 Å². The second-order valence-corrected chi connectivity index (χ2v) is 5.28. The van der Waals surface area contributed by atoms with Crippen LogP contribution in [0.2, 0.25) is 0 Å². The zero-order chi connectivity index (χ0) is 11.3. The smallest absolute Gasteiger partial charge is 0.0638 e. The molecular formula is C12H26N2O. The molecule has 0 heterocycles. The Hall–Kier alpha value is -0.120. The molecule has 1 aliphatic rings. The highest BCUT2D eigenvalue weighted by Gasteiger charge is 2.34. The maximum atomic E-state index is 9.35. The molecule has 1 rings (SSSR count). The van der Waals surface area contributed by atoms with Crippen molar-refractivity contribution in [2.45, 2.75) is 38.7 Å². The molecule has 1 fully saturated rings. The van der Waals surface area contributed by atoms with E-state index in [4.69, 9.17) is 0 Å². The zero-order valence-electron chi connectivity index (χ0n) is 10.4. The van der Waals surface area contributed by atoms with Gasteiger partial charge in [0, 0.05) is 19.6 Å². The second kappa shape index (κ2) is 5.83. The Labute approximate surface area is 93.9 Å². The highest BCUT2D eigenvalue weighted by atomic mass is 16.3. The molecule has 0 aromatic heterocycles. The van der Waals surface area contributed by atoms with Crippen LogP contribution >= 0.6 is 0 Å². The third-order valence-corrected chi connectivity index (χ3v) is 3.40. The minimum absolute atomic E-state index is 0.219. The van der Waals surface area contributed by atoms with E-state index in [-0.39, 0.29) is 6.10 Å². The summed E-state index contributed by atoms with van der Waals surface area (Å²) in [6, 6.07) is 0. The van der Waals surface area contributed by atoms with E-state index in [1.807, 2.05) is 14.0 Å². The summed E-state index contributed by atoms with van der Waals surface area (Å²) in [6.45, 7) is 4.86. The number of nitrogens with one attached hydrogen (secondary N) is 1. The lowest BCUT2D eigenvalue weighted by atomic mass is 9.85. The molecule has 90 valence electrons. The first-order valence-electron chi connectivity index (χ1n) is 6.09. The summed E-state index contributed by atoms with van der Waals surface area (Å²) in [4.78, 5) is 2.27. The van der Waals surface area contributed by atoms with Gasteiger partial charge in [-0.2, -0.15) is 0 Å². The number of hydrogen-bond donors (Lipinski definition) is 2. The molecule has 15 heavy (non-hydrogen) atoms. The molecule has 1 saturated carbocycles. The molecule has 0 aliphatic heterocycles. The number of hydrogen-bond acceptors (Lipinski definition) is 3. The van der Waals surface area contributed by atoms with Crippen molar-refractivity contribution in [1.82, 2.24) is 10.2 Å². The molecule has 0 spiro atoms. The van der Waals surface area contributed by atoms with Crippen LogP contribution in [0.5, 0.6) is 0 Å². The lowest BCUT2D eigenvalue weighted by Gasteiger charge is -2.34. The lowest BCUT2D eigenvalue weighted by molar-refractivity contribution is 0.106. The maximum absolute atomic E-state index is 9.35. The van der Waals surface area contributed by atoms with Gasteiger partial charge in [-0.15, -0.1) is 0 Å². The van der Waals surface area contributed by atoms with Crippen molar-refractivity contribution >= 4 is 0 Å². The van der Waals surface area contributed by atoms with Gasteiger partial charge in [0.2, 0.25) is 0 Å². The highest BCUT2D eigenvalue weighted by molar-refractivity contribution is 4.88. The molecule has 0 saturated heterocycles. The number of likely N-dealkylation sites (N-methyl/N-ethyl adjacent to an activating group) is 1. The van der Waals surface area contributed by atoms with Gasteiger partial charge in [0.15, 0.2) is 0 Å². The third-order valence-electron chi connectivity index (χ3n) is 3.40. The van der Waals surface area contributed by atoms with Crippen LogP contribution < -0.4 is 5.32 Å². The molecule has 1 atom stereocenters. The fourth-order valence-electron chi connectivity index (χ4n) is 2.98. The van der Waals surface area contributed by atoms with Gasteiger partial charge < -0.3 is 15.3 Å². The topological polar surface area (TPSA) is 35.5 Å². The molecule has 0 radical (unpaired) electrons. The number of rotatable bonds is 6. The first-order chi connectivity index (χ1) is 7.08. The van der Waals surface area contributed by atoms with Gasteiger partial charge in [-0.05, 0) is 39.3 Å². The minimum Gasteiger partial charge on any atom is -0.392 e. The van der Waals surface area contributed by atoms with E-state index >= 15 is 0 Å². The Morgan fingerprint density at radius 2 is 2.00 bits per heavy atom. The molecule has 1 unspecified atom stereocenters. The Morgan fingerprint density at radius 1 is 1.40 bits per heavy atom. The van der Waals surface area contributed by atoms with Gasteiger partial charge in [-0.3, -0.25) is 0 Å². The average Bonchev–Trinajstić information content (AvgIpc) is 2.51. The fraction of sp³-hybridized carbons (Fsp3) is 1.00. The maximum Gasteiger partial charge on any atom is 0.0638 e. The predicted molar refractivity (Wildman–Crippen MR) is 64.0 cm³/mol. The van der Waals surface area contributed by atoms with Crippen LogP contribution in [0.1, 0.15) is 32.6 Å². The van der Waals surface area contributed by atoms with Crippen LogP contribution in [-0.2, 0) is 0 Å². The van der Waals surface area contributed by atoms with Crippen molar-refractivity contribution in [1.29, 1.82) is 0 Å². The Morgan fingerprint density at radius 3 is 2.47 bits per heavy atom. The van der Waals surface area contributed by atoms with Crippen LogP contribution in [0.25, 0.3) is 0 Å². The molecule has 3 heteroatoms. The van der Waals surface area contributed by atoms with Gasteiger partial charge in [0.05, 0.1) is 6.10 Å². The summed E-state index contributed by atoms with van der Waals surface area (Å²) < 4.78 is 0. The first kappa shape index (κ1) is 12.9. The minimum atomic E-state index is -0.219. The van der Waals surface area contributed by atoms with E-state index in [1.165, 1.54) is 25.7 Å². The molecule has 3 nitrogen and oxygen atoms in total. The normalized spacial score (nSPS) is 22.2. The van der Waals surface area contributed by atoms with Crippen molar-refractivity contribution in [3.05, 3.63) is 0 Å². The van der Waals surface area contributed by atoms with Crippen LogP contribution in [0.4, 0.5) is 0 Å².